The fourth-order valence-electron chi connectivity index (χ4n) is 3.98. The standard InChI is InChI=1S/C28H29ClO6/c29-13-19(30)14-33-25-10-4-1-7-22(25)28(23-8-2-5-11-26(23)34-17-20-15-31-20)24-9-3-6-12-27(24)35-18-21-16-32-21/h1-12,19-21,28,30H,13-18H2. The zero-order valence-electron chi connectivity index (χ0n) is 19.3. The lowest BCUT2D eigenvalue weighted by atomic mass is 9.83. The molecule has 0 radical (unpaired) electrons. The van der Waals surface area contributed by atoms with E-state index in [0.717, 1.165) is 41.4 Å². The zero-order valence-corrected chi connectivity index (χ0v) is 20.1. The van der Waals surface area contributed by atoms with Crippen LogP contribution in [0.3, 0.4) is 0 Å². The van der Waals surface area contributed by atoms with Crippen molar-refractivity contribution >= 4 is 11.6 Å². The number of hydrogen-bond donors (Lipinski definition) is 1. The normalized spacial score (nSPS) is 20.1. The molecule has 2 aliphatic rings. The number of epoxide rings is 2. The molecule has 2 fully saturated rings. The van der Waals surface area contributed by atoms with Gasteiger partial charge in [-0.3, -0.25) is 0 Å². The highest BCUT2D eigenvalue weighted by Gasteiger charge is 2.29. The lowest BCUT2D eigenvalue weighted by molar-refractivity contribution is 0.124. The molecule has 3 unspecified atom stereocenters. The van der Waals surface area contributed by atoms with Crippen LogP contribution < -0.4 is 14.2 Å². The fourth-order valence-corrected chi connectivity index (χ4v) is 4.07. The summed E-state index contributed by atoms with van der Waals surface area (Å²) in [5, 5.41) is 10.0. The molecule has 0 spiro atoms. The second-order valence-corrected chi connectivity index (χ2v) is 9.01. The van der Waals surface area contributed by atoms with E-state index in [9.17, 15) is 5.11 Å². The van der Waals surface area contributed by atoms with Crippen LogP contribution in [0.15, 0.2) is 72.8 Å². The number of rotatable bonds is 13. The number of aliphatic hydroxyl groups excluding tert-OH is 1. The summed E-state index contributed by atoms with van der Waals surface area (Å²) in [4.78, 5) is 0. The summed E-state index contributed by atoms with van der Waals surface area (Å²) in [6, 6.07) is 23.9. The Kier molecular flexibility index (Phi) is 7.74. The predicted octanol–water partition coefficient (Wildman–Crippen LogP) is 4.40. The smallest absolute Gasteiger partial charge is 0.123 e. The van der Waals surface area contributed by atoms with E-state index in [-0.39, 0.29) is 30.6 Å². The molecule has 7 heteroatoms. The van der Waals surface area contributed by atoms with Crippen LogP contribution in [0, 0.1) is 0 Å². The highest BCUT2D eigenvalue weighted by molar-refractivity contribution is 6.18. The van der Waals surface area contributed by atoms with Crippen molar-refractivity contribution < 1.29 is 28.8 Å². The molecule has 35 heavy (non-hydrogen) atoms. The van der Waals surface area contributed by atoms with Crippen LogP contribution in [0.1, 0.15) is 22.6 Å². The summed E-state index contributed by atoms with van der Waals surface area (Å²) in [7, 11) is 0. The van der Waals surface area contributed by atoms with Crippen molar-refractivity contribution in [3.8, 4) is 17.2 Å². The van der Waals surface area contributed by atoms with Gasteiger partial charge in [0.1, 0.15) is 55.4 Å². The Balaban J connectivity index is 1.57. The van der Waals surface area contributed by atoms with E-state index in [1.54, 1.807) is 0 Å². The van der Waals surface area contributed by atoms with Gasteiger partial charge in [-0.15, -0.1) is 11.6 Å². The maximum absolute atomic E-state index is 10.0. The maximum Gasteiger partial charge on any atom is 0.123 e. The number of aliphatic hydroxyl groups is 1. The molecular weight excluding hydrogens is 468 g/mol. The number of ether oxygens (including phenoxy) is 5. The molecule has 184 valence electrons. The van der Waals surface area contributed by atoms with Crippen molar-refractivity contribution in [1.29, 1.82) is 0 Å². The largest absolute Gasteiger partial charge is 0.491 e. The van der Waals surface area contributed by atoms with Crippen LogP contribution in [0.5, 0.6) is 17.2 Å². The summed E-state index contributed by atoms with van der Waals surface area (Å²) in [5.74, 6) is 2.09. The Hall–Kier alpha value is -2.77. The molecular formula is C28H29ClO6. The van der Waals surface area contributed by atoms with Crippen LogP contribution in [-0.2, 0) is 9.47 Å². The molecule has 5 rings (SSSR count). The van der Waals surface area contributed by atoms with E-state index >= 15 is 0 Å². The molecule has 0 aromatic heterocycles. The van der Waals surface area contributed by atoms with Gasteiger partial charge in [-0.1, -0.05) is 54.6 Å². The van der Waals surface area contributed by atoms with Crippen LogP contribution in [0.2, 0.25) is 0 Å². The molecule has 2 heterocycles. The minimum Gasteiger partial charge on any atom is -0.491 e. The first kappa shape index (κ1) is 23.9. The maximum atomic E-state index is 10.0. The van der Waals surface area contributed by atoms with Crippen LogP contribution >= 0.6 is 11.6 Å². The third-order valence-electron chi connectivity index (χ3n) is 5.95. The van der Waals surface area contributed by atoms with Crippen molar-refractivity contribution in [2.75, 3.05) is 38.9 Å². The molecule has 0 amide bonds. The van der Waals surface area contributed by atoms with Gasteiger partial charge in [0.2, 0.25) is 0 Å². The second-order valence-electron chi connectivity index (χ2n) is 8.70. The number of halogens is 1. The van der Waals surface area contributed by atoms with Crippen molar-refractivity contribution in [3.63, 3.8) is 0 Å². The molecule has 3 aromatic carbocycles. The molecule has 0 bridgehead atoms. The van der Waals surface area contributed by atoms with E-state index in [1.807, 2.05) is 60.7 Å². The second kappa shape index (κ2) is 11.3. The monoisotopic (exact) mass is 496 g/mol. The third kappa shape index (κ3) is 6.27. The number of alkyl halides is 1. The number of benzene rings is 3. The minimum atomic E-state index is -0.758. The van der Waals surface area contributed by atoms with Gasteiger partial charge in [0.25, 0.3) is 0 Å². The lowest BCUT2D eigenvalue weighted by Crippen LogP contribution is -2.20. The molecule has 2 saturated heterocycles. The quantitative estimate of drug-likeness (QED) is 0.215. The summed E-state index contributed by atoms with van der Waals surface area (Å²) >= 11 is 5.80. The number of hydrogen-bond acceptors (Lipinski definition) is 6. The Bertz CT molecular complexity index is 1050. The molecule has 3 atom stereocenters. The van der Waals surface area contributed by atoms with Gasteiger partial charge in [-0.05, 0) is 18.2 Å². The van der Waals surface area contributed by atoms with Gasteiger partial charge in [0.05, 0.1) is 19.1 Å². The average Bonchev–Trinajstić information content (AvgIpc) is 3.82. The van der Waals surface area contributed by atoms with Crippen molar-refractivity contribution in [3.05, 3.63) is 89.5 Å². The SMILES string of the molecule is OC(CCl)COc1ccccc1C(c1ccccc1OCC1CO1)c1ccccc1OCC1CO1. The Morgan fingerprint density at radius 2 is 1.11 bits per heavy atom. The highest BCUT2D eigenvalue weighted by atomic mass is 35.5. The Morgan fingerprint density at radius 3 is 1.51 bits per heavy atom. The third-order valence-corrected chi connectivity index (χ3v) is 6.31. The topological polar surface area (TPSA) is 73.0 Å². The van der Waals surface area contributed by atoms with Gasteiger partial charge in [-0.2, -0.15) is 0 Å². The van der Waals surface area contributed by atoms with E-state index in [4.69, 9.17) is 35.3 Å². The highest BCUT2D eigenvalue weighted by Crippen LogP contribution is 2.44. The summed E-state index contributed by atoms with van der Waals surface area (Å²) in [5.41, 5.74) is 2.91. The van der Waals surface area contributed by atoms with Crippen LogP contribution in [0.25, 0.3) is 0 Å². The molecule has 6 nitrogen and oxygen atoms in total. The van der Waals surface area contributed by atoms with Gasteiger partial charge < -0.3 is 28.8 Å². The molecule has 0 aliphatic carbocycles. The van der Waals surface area contributed by atoms with Crippen LogP contribution in [0.4, 0.5) is 0 Å². The van der Waals surface area contributed by atoms with Crippen molar-refractivity contribution in [1.82, 2.24) is 0 Å². The van der Waals surface area contributed by atoms with Gasteiger partial charge >= 0.3 is 0 Å². The molecule has 1 N–H and O–H groups in total. The minimum absolute atomic E-state index is 0.0988. The summed E-state index contributed by atoms with van der Waals surface area (Å²) < 4.78 is 29.2. The molecule has 2 aliphatic heterocycles. The van der Waals surface area contributed by atoms with E-state index in [2.05, 4.69) is 12.1 Å². The lowest BCUT2D eigenvalue weighted by Gasteiger charge is -2.26. The number of para-hydroxylation sites is 3. The fraction of sp³-hybridized carbons (Fsp3) is 0.357. The molecule has 0 saturated carbocycles. The van der Waals surface area contributed by atoms with Crippen molar-refractivity contribution in [2.24, 2.45) is 0 Å². The predicted molar refractivity (Wildman–Crippen MR) is 133 cm³/mol. The van der Waals surface area contributed by atoms with Gasteiger partial charge in [-0.25, -0.2) is 0 Å². The van der Waals surface area contributed by atoms with E-state index < -0.39 is 6.10 Å². The average molecular weight is 497 g/mol. The van der Waals surface area contributed by atoms with Gasteiger partial charge in [0.15, 0.2) is 0 Å². The first-order valence-electron chi connectivity index (χ1n) is 11.9. The van der Waals surface area contributed by atoms with E-state index in [0.29, 0.717) is 19.0 Å². The Morgan fingerprint density at radius 1 is 0.714 bits per heavy atom. The van der Waals surface area contributed by atoms with Crippen LogP contribution in [-0.4, -0.2) is 62.3 Å². The first-order chi connectivity index (χ1) is 17.2. The summed E-state index contributed by atoms with van der Waals surface area (Å²) in [6.07, 6.45) is -0.474. The molecule has 3 aromatic rings. The van der Waals surface area contributed by atoms with Gasteiger partial charge in [0, 0.05) is 22.6 Å². The first-order valence-corrected chi connectivity index (χ1v) is 12.4. The zero-order chi connectivity index (χ0) is 24.0. The summed E-state index contributed by atoms with van der Waals surface area (Å²) in [6.45, 7) is 2.56. The van der Waals surface area contributed by atoms with Crippen molar-refractivity contribution in [2.45, 2.75) is 24.2 Å². The Labute approximate surface area is 210 Å². The van der Waals surface area contributed by atoms with E-state index in [1.165, 1.54) is 0 Å².